The minimum absolute atomic E-state index is 0.0627. The minimum atomic E-state index is -4.39. The quantitative estimate of drug-likeness (QED) is 0.497. The number of nitrogens with one attached hydrogen (secondary N) is 1. The fourth-order valence-electron chi connectivity index (χ4n) is 4.05. The standard InChI is InChI=1S/C22H21F2N3O4S2/c23-17-13-20(33(29,30)27-21-25-14-26-32-21)18(24)12-19(17)31-11-10-22(8-6-16(28)7-9-22)15-4-2-1-3-5-15/h1-5,12-14H,6-11H2,(H,25,26,27). The Morgan fingerprint density at radius 2 is 1.82 bits per heavy atom. The summed E-state index contributed by atoms with van der Waals surface area (Å²) in [6.07, 6.45) is 3.89. The largest absolute Gasteiger partial charge is 0.490 e. The van der Waals surface area contributed by atoms with Crippen molar-refractivity contribution in [2.24, 2.45) is 0 Å². The predicted molar refractivity (Wildman–Crippen MR) is 119 cm³/mol. The smallest absolute Gasteiger partial charge is 0.266 e. The van der Waals surface area contributed by atoms with Crippen molar-refractivity contribution in [2.75, 3.05) is 11.3 Å². The number of carbonyl (C=O) groups is 1. The van der Waals surface area contributed by atoms with E-state index in [0.717, 1.165) is 29.5 Å². The summed E-state index contributed by atoms with van der Waals surface area (Å²) in [6.45, 7) is 0.0780. The van der Waals surface area contributed by atoms with Gasteiger partial charge in [-0.05, 0) is 30.2 Å². The van der Waals surface area contributed by atoms with Crippen LogP contribution in [0.4, 0.5) is 13.9 Å². The number of Topliss-reactive ketones (excluding diaryl/α,β-unsaturated/α-hetero) is 1. The highest BCUT2D eigenvalue weighted by Crippen LogP contribution is 2.41. The van der Waals surface area contributed by atoms with Crippen LogP contribution >= 0.6 is 11.5 Å². The SMILES string of the molecule is O=C1CCC(CCOc2cc(F)c(S(=O)(=O)Nc3ncns3)cc2F)(c2ccccc2)CC1. The maximum Gasteiger partial charge on any atom is 0.266 e. The molecule has 1 aliphatic rings. The molecule has 1 fully saturated rings. The van der Waals surface area contributed by atoms with Gasteiger partial charge in [-0.2, -0.15) is 4.37 Å². The molecule has 1 N–H and O–H groups in total. The highest BCUT2D eigenvalue weighted by atomic mass is 32.2. The Labute approximate surface area is 194 Å². The molecule has 0 spiro atoms. The summed E-state index contributed by atoms with van der Waals surface area (Å²) in [6, 6.07) is 11.1. The van der Waals surface area contributed by atoms with Crippen LogP contribution in [-0.4, -0.2) is 30.2 Å². The first-order valence-electron chi connectivity index (χ1n) is 10.3. The maximum absolute atomic E-state index is 14.6. The maximum atomic E-state index is 14.6. The van der Waals surface area contributed by atoms with Gasteiger partial charge in [-0.1, -0.05) is 30.3 Å². The zero-order valence-electron chi connectivity index (χ0n) is 17.5. The van der Waals surface area contributed by atoms with Crippen molar-refractivity contribution in [3.8, 4) is 5.75 Å². The molecule has 0 atom stereocenters. The highest BCUT2D eigenvalue weighted by Gasteiger charge is 2.36. The number of anilines is 1. The highest BCUT2D eigenvalue weighted by molar-refractivity contribution is 7.93. The van der Waals surface area contributed by atoms with Gasteiger partial charge in [-0.25, -0.2) is 22.2 Å². The van der Waals surface area contributed by atoms with E-state index in [2.05, 4.69) is 14.1 Å². The summed E-state index contributed by atoms with van der Waals surface area (Å²) in [5.74, 6) is -2.31. The van der Waals surface area contributed by atoms with Gasteiger partial charge in [0.2, 0.25) is 5.13 Å². The summed E-state index contributed by atoms with van der Waals surface area (Å²) in [5.41, 5.74) is 0.788. The molecule has 2 aromatic carbocycles. The third-order valence-electron chi connectivity index (χ3n) is 5.85. The third kappa shape index (κ3) is 5.19. The number of ketones is 1. The summed E-state index contributed by atoms with van der Waals surface area (Å²) in [5, 5.41) is -0.0627. The first-order chi connectivity index (χ1) is 15.8. The lowest BCUT2D eigenvalue weighted by atomic mass is 9.67. The molecule has 0 aliphatic heterocycles. The molecule has 3 aromatic rings. The van der Waals surface area contributed by atoms with Crippen LogP contribution in [0, 0.1) is 11.6 Å². The van der Waals surface area contributed by atoms with Crippen molar-refractivity contribution in [2.45, 2.75) is 42.4 Å². The van der Waals surface area contributed by atoms with E-state index in [4.69, 9.17) is 4.74 Å². The van der Waals surface area contributed by atoms with Crippen LogP contribution in [0.25, 0.3) is 0 Å². The van der Waals surface area contributed by atoms with E-state index in [9.17, 15) is 22.0 Å². The summed E-state index contributed by atoms with van der Waals surface area (Å²) < 4.78 is 65.2. The van der Waals surface area contributed by atoms with Gasteiger partial charge in [-0.15, -0.1) is 0 Å². The Hall–Kier alpha value is -2.92. The van der Waals surface area contributed by atoms with E-state index < -0.39 is 26.6 Å². The normalized spacial score (nSPS) is 15.9. The number of hydrogen-bond donors (Lipinski definition) is 1. The van der Waals surface area contributed by atoms with Gasteiger partial charge in [0.25, 0.3) is 10.0 Å². The van der Waals surface area contributed by atoms with Crippen LogP contribution < -0.4 is 9.46 Å². The molecule has 11 heteroatoms. The first kappa shape index (κ1) is 23.2. The molecule has 0 bridgehead atoms. The average molecular weight is 494 g/mol. The number of sulfonamides is 1. The predicted octanol–water partition coefficient (Wildman–Crippen LogP) is 4.47. The van der Waals surface area contributed by atoms with Crippen LogP contribution in [0.3, 0.4) is 0 Å². The number of ether oxygens (including phenoxy) is 1. The van der Waals surface area contributed by atoms with Crippen LogP contribution in [-0.2, 0) is 20.2 Å². The van der Waals surface area contributed by atoms with E-state index in [-0.39, 0.29) is 28.7 Å². The van der Waals surface area contributed by atoms with Gasteiger partial charge in [0.15, 0.2) is 11.6 Å². The number of rotatable bonds is 8. The second kappa shape index (κ2) is 9.52. The molecule has 1 heterocycles. The summed E-state index contributed by atoms with van der Waals surface area (Å²) >= 11 is 0.767. The monoisotopic (exact) mass is 493 g/mol. The first-order valence-corrected chi connectivity index (χ1v) is 12.5. The number of carbonyl (C=O) groups excluding carboxylic acids is 1. The number of aromatic nitrogens is 2. The second-order valence-electron chi connectivity index (χ2n) is 7.85. The zero-order valence-corrected chi connectivity index (χ0v) is 19.1. The van der Waals surface area contributed by atoms with Crippen LogP contribution in [0.5, 0.6) is 5.75 Å². The topological polar surface area (TPSA) is 98.2 Å². The molecule has 174 valence electrons. The third-order valence-corrected chi connectivity index (χ3v) is 7.91. The molecule has 0 radical (unpaired) electrons. The van der Waals surface area contributed by atoms with Crippen molar-refractivity contribution in [1.29, 1.82) is 0 Å². The van der Waals surface area contributed by atoms with E-state index in [1.54, 1.807) is 0 Å². The molecule has 1 aliphatic carbocycles. The molecule has 0 amide bonds. The van der Waals surface area contributed by atoms with Gasteiger partial charge in [0.05, 0.1) is 6.61 Å². The van der Waals surface area contributed by atoms with Crippen LogP contribution in [0.2, 0.25) is 0 Å². The fraction of sp³-hybridized carbons (Fsp3) is 0.318. The van der Waals surface area contributed by atoms with Crippen molar-refractivity contribution >= 4 is 32.5 Å². The van der Waals surface area contributed by atoms with Crippen molar-refractivity contribution in [1.82, 2.24) is 9.36 Å². The van der Waals surface area contributed by atoms with Crippen molar-refractivity contribution in [3.63, 3.8) is 0 Å². The van der Waals surface area contributed by atoms with E-state index in [1.807, 2.05) is 30.3 Å². The molecule has 1 saturated carbocycles. The Kier molecular flexibility index (Phi) is 6.71. The number of benzene rings is 2. The molecule has 4 rings (SSSR count). The molecular formula is C22H21F2N3O4S2. The Balaban J connectivity index is 1.49. The van der Waals surface area contributed by atoms with Gasteiger partial charge in [-0.3, -0.25) is 9.52 Å². The minimum Gasteiger partial charge on any atom is -0.490 e. The van der Waals surface area contributed by atoms with Gasteiger partial charge < -0.3 is 4.74 Å². The Bertz CT molecular complexity index is 1230. The summed E-state index contributed by atoms with van der Waals surface area (Å²) in [7, 11) is -4.39. The number of nitrogens with zero attached hydrogens (tertiary/aromatic N) is 2. The molecule has 7 nitrogen and oxygen atoms in total. The second-order valence-corrected chi connectivity index (χ2v) is 10.3. The lowest BCUT2D eigenvalue weighted by Gasteiger charge is -2.37. The fourth-order valence-corrected chi connectivity index (χ4v) is 5.79. The molecular weight excluding hydrogens is 472 g/mol. The van der Waals surface area contributed by atoms with E-state index >= 15 is 0 Å². The van der Waals surface area contributed by atoms with Crippen LogP contribution in [0.1, 0.15) is 37.7 Å². The van der Waals surface area contributed by atoms with E-state index in [1.165, 1.54) is 0 Å². The van der Waals surface area contributed by atoms with Gasteiger partial charge in [0, 0.05) is 36.5 Å². The zero-order chi connectivity index (χ0) is 23.5. The molecule has 0 saturated heterocycles. The lowest BCUT2D eigenvalue weighted by molar-refractivity contribution is -0.121. The summed E-state index contributed by atoms with van der Waals surface area (Å²) in [4.78, 5) is 14.6. The van der Waals surface area contributed by atoms with Crippen molar-refractivity contribution < 1.29 is 26.7 Å². The van der Waals surface area contributed by atoms with Crippen molar-refractivity contribution in [3.05, 3.63) is 66.0 Å². The van der Waals surface area contributed by atoms with E-state index in [0.29, 0.717) is 38.2 Å². The molecule has 33 heavy (non-hydrogen) atoms. The number of hydrogen-bond acceptors (Lipinski definition) is 7. The number of halogens is 2. The Morgan fingerprint density at radius 3 is 2.48 bits per heavy atom. The van der Waals surface area contributed by atoms with Crippen LogP contribution in [0.15, 0.2) is 53.7 Å². The average Bonchev–Trinajstić information content (AvgIpc) is 3.30. The Morgan fingerprint density at radius 1 is 1.09 bits per heavy atom. The lowest BCUT2D eigenvalue weighted by Crippen LogP contribution is -2.33. The molecule has 1 aromatic heterocycles. The van der Waals surface area contributed by atoms with Gasteiger partial charge >= 0.3 is 0 Å². The molecule has 0 unspecified atom stereocenters. The van der Waals surface area contributed by atoms with Gasteiger partial charge in [0.1, 0.15) is 22.8 Å².